The van der Waals surface area contributed by atoms with Gasteiger partial charge in [-0.2, -0.15) is 0 Å². The lowest BCUT2D eigenvalue weighted by atomic mass is 10.1. The second-order valence-corrected chi connectivity index (χ2v) is 8.63. The first-order valence-corrected chi connectivity index (χ1v) is 10.5. The highest BCUT2D eigenvalue weighted by atomic mass is 32.1. The Morgan fingerprint density at radius 1 is 1.20 bits per heavy atom. The van der Waals surface area contributed by atoms with Crippen LogP contribution in [0.15, 0.2) is 52.5 Å². The molecule has 0 amide bonds. The Bertz CT molecular complexity index is 1010. The van der Waals surface area contributed by atoms with Crippen molar-refractivity contribution >= 4 is 22.9 Å². The third-order valence-corrected chi connectivity index (χ3v) is 4.68. The molecule has 0 bridgehead atoms. The van der Waals surface area contributed by atoms with Crippen molar-refractivity contribution in [1.29, 1.82) is 0 Å². The first-order chi connectivity index (χ1) is 14.0. The first-order valence-electron chi connectivity index (χ1n) is 9.60. The standard InChI is InChI=1S/C13H21N3S.C9H9N3O/c1-9(2)11-8-17-12(16-11)10(14)6-5-7-13(3,4)15;1-6-5-13-9(11-6)7-3-2-4-8(10)12-7/h5-9H,14-15H2,1-4H3;2-5H,1H3,(H2,10,12)/b7-5-,10-6-;. The molecule has 6 N–H and O–H groups in total. The molecule has 0 fully saturated rings. The third kappa shape index (κ3) is 7.46. The summed E-state index contributed by atoms with van der Waals surface area (Å²) in [6.45, 7) is 9.98. The van der Waals surface area contributed by atoms with Gasteiger partial charge in [-0.05, 0) is 44.9 Å². The van der Waals surface area contributed by atoms with Gasteiger partial charge in [0.2, 0.25) is 5.89 Å². The van der Waals surface area contributed by atoms with Crippen molar-refractivity contribution < 1.29 is 4.42 Å². The van der Waals surface area contributed by atoms with Gasteiger partial charge in [0.1, 0.15) is 22.8 Å². The largest absolute Gasteiger partial charge is 0.443 e. The van der Waals surface area contributed by atoms with Crippen LogP contribution in [-0.4, -0.2) is 20.5 Å². The number of aryl methyl sites for hydroxylation is 1. The minimum Gasteiger partial charge on any atom is -0.443 e. The van der Waals surface area contributed by atoms with Crippen LogP contribution in [0.1, 0.15) is 50.0 Å². The first kappa shape index (κ1) is 23.3. The summed E-state index contributed by atoms with van der Waals surface area (Å²) >= 11 is 1.57. The molecule has 3 heterocycles. The van der Waals surface area contributed by atoms with Crippen molar-refractivity contribution in [2.75, 3.05) is 5.73 Å². The molecule has 0 saturated carbocycles. The van der Waals surface area contributed by atoms with Crippen molar-refractivity contribution in [2.24, 2.45) is 11.5 Å². The average Bonchev–Trinajstić information content (AvgIpc) is 3.30. The van der Waals surface area contributed by atoms with E-state index in [0.717, 1.165) is 16.4 Å². The minimum atomic E-state index is -0.317. The number of hydrogen-bond donors (Lipinski definition) is 3. The number of nitrogen functional groups attached to an aromatic ring is 1. The van der Waals surface area contributed by atoms with E-state index in [1.165, 1.54) is 0 Å². The zero-order chi connectivity index (χ0) is 22.3. The van der Waals surface area contributed by atoms with E-state index in [1.54, 1.807) is 23.7 Å². The molecule has 3 aromatic rings. The fraction of sp³-hybridized carbons (Fsp3) is 0.318. The molecule has 0 aromatic carbocycles. The molecular formula is C22H30N6OS. The van der Waals surface area contributed by atoms with Gasteiger partial charge < -0.3 is 21.6 Å². The van der Waals surface area contributed by atoms with E-state index >= 15 is 0 Å². The van der Waals surface area contributed by atoms with Crippen LogP contribution in [0.4, 0.5) is 5.82 Å². The minimum absolute atomic E-state index is 0.317. The number of pyridine rings is 1. The molecule has 0 saturated heterocycles. The maximum atomic E-state index is 5.95. The van der Waals surface area contributed by atoms with Crippen LogP contribution in [0.25, 0.3) is 17.3 Å². The molecule has 160 valence electrons. The Morgan fingerprint density at radius 2 is 1.93 bits per heavy atom. The topological polar surface area (TPSA) is 130 Å². The van der Waals surface area contributed by atoms with Gasteiger partial charge in [-0.1, -0.05) is 32.1 Å². The summed E-state index contributed by atoms with van der Waals surface area (Å²) in [5.41, 5.74) is 20.3. The quantitative estimate of drug-likeness (QED) is 0.512. The van der Waals surface area contributed by atoms with Crippen LogP contribution in [0.3, 0.4) is 0 Å². The van der Waals surface area contributed by atoms with Crippen LogP contribution < -0.4 is 17.2 Å². The molecule has 8 heteroatoms. The number of anilines is 1. The molecule has 3 rings (SSSR count). The van der Waals surface area contributed by atoms with Crippen LogP contribution in [-0.2, 0) is 0 Å². The Balaban J connectivity index is 0.000000220. The number of hydrogen-bond acceptors (Lipinski definition) is 8. The zero-order valence-electron chi connectivity index (χ0n) is 18.1. The number of allylic oxidation sites excluding steroid dienone is 2. The summed E-state index contributed by atoms with van der Waals surface area (Å²) in [5, 5.41) is 2.92. The number of nitrogens with zero attached hydrogens (tertiary/aromatic N) is 3. The van der Waals surface area contributed by atoms with Gasteiger partial charge in [0, 0.05) is 10.9 Å². The number of nitrogens with two attached hydrogens (primary N) is 3. The summed E-state index contributed by atoms with van der Waals surface area (Å²) in [5.74, 6) is 1.41. The van der Waals surface area contributed by atoms with E-state index < -0.39 is 0 Å². The second kappa shape index (κ2) is 10.2. The van der Waals surface area contributed by atoms with Crippen molar-refractivity contribution in [3.8, 4) is 11.6 Å². The van der Waals surface area contributed by atoms with E-state index in [9.17, 15) is 0 Å². The van der Waals surface area contributed by atoms with Crippen LogP contribution in [0.2, 0.25) is 0 Å². The van der Waals surface area contributed by atoms with Gasteiger partial charge in [-0.25, -0.2) is 15.0 Å². The van der Waals surface area contributed by atoms with E-state index in [1.807, 2.05) is 51.1 Å². The lowest BCUT2D eigenvalue weighted by molar-refractivity contribution is 0.571. The predicted octanol–water partition coefficient (Wildman–Crippen LogP) is 4.49. The van der Waals surface area contributed by atoms with Gasteiger partial charge in [-0.3, -0.25) is 0 Å². The summed E-state index contributed by atoms with van der Waals surface area (Å²) in [4.78, 5) is 12.7. The van der Waals surface area contributed by atoms with E-state index in [0.29, 0.717) is 29.0 Å². The molecule has 30 heavy (non-hydrogen) atoms. The van der Waals surface area contributed by atoms with E-state index in [2.05, 4.69) is 34.2 Å². The molecule has 7 nitrogen and oxygen atoms in total. The van der Waals surface area contributed by atoms with Gasteiger partial charge in [0.25, 0.3) is 0 Å². The van der Waals surface area contributed by atoms with Crippen molar-refractivity contribution in [3.05, 3.63) is 64.5 Å². The molecule has 0 atom stereocenters. The monoisotopic (exact) mass is 426 g/mol. The fourth-order valence-corrected chi connectivity index (χ4v) is 3.12. The van der Waals surface area contributed by atoms with E-state index in [-0.39, 0.29) is 5.54 Å². The second-order valence-electron chi connectivity index (χ2n) is 7.78. The molecule has 0 spiro atoms. The Kier molecular flexibility index (Phi) is 7.91. The van der Waals surface area contributed by atoms with Crippen LogP contribution >= 0.6 is 11.3 Å². The number of oxazole rings is 1. The number of rotatable bonds is 5. The molecular weight excluding hydrogens is 396 g/mol. The summed E-state index contributed by atoms with van der Waals surface area (Å²) in [6, 6.07) is 5.35. The Labute approximate surface area is 181 Å². The lowest BCUT2D eigenvalue weighted by Gasteiger charge is -2.10. The highest BCUT2D eigenvalue weighted by Crippen LogP contribution is 2.21. The SMILES string of the molecule is CC(C)c1csc(/C(N)=C/C=C\C(C)(C)N)n1.Cc1coc(-c2cccc(N)n2)n1. The highest BCUT2D eigenvalue weighted by molar-refractivity contribution is 7.10. The Hall–Kier alpha value is -2.97. The summed E-state index contributed by atoms with van der Waals surface area (Å²) < 4.78 is 5.18. The maximum Gasteiger partial charge on any atom is 0.245 e. The average molecular weight is 427 g/mol. The van der Waals surface area contributed by atoms with Gasteiger partial charge in [-0.15, -0.1) is 11.3 Å². The summed E-state index contributed by atoms with van der Waals surface area (Å²) in [7, 11) is 0. The van der Waals surface area contributed by atoms with Crippen molar-refractivity contribution in [2.45, 2.75) is 46.1 Å². The fourth-order valence-electron chi connectivity index (χ4n) is 2.20. The Morgan fingerprint density at radius 3 is 2.47 bits per heavy atom. The normalized spacial score (nSPS) is 12.3. The molecule has 0 aliphatic carbocycles. The smallest absolute Gasteiger partial charge is 0.245 e. The van der Waals surface area contributed by atoms with Gasteiger partial charge >= 0.3 is 0 Å². The number of thiazole rings is 1. The van der Waals surface area contributed by atoms with Crippen molar-refractivity contribution in [3.63, 3.8) is 0 Å². The third-order valence-electron chi connectivity index (χ3n) is 3.77. The summed E-state index contributed by atoms with van der Waals surface area (Å²) in [6.07, 6.45) is 7.22. The van der Waals surface area contributed by atoms with Crippen LogP contribution in [0, 0.1) is 6.92 Å². The zero-order valence-corrected chi connectivity index (χ0v) is 18.9. The maximum absolute atomic E-state index is 5.95. The highest BCUT2D eigenvalue weighted by Gasteiger charge is 2.07. The van der Waals surface area contributed by atoms with Gasteiger partial charge in [0.15, 0.2) is 0 Å². The van der Waals surface area contributed by atoms with Crippen LogP contribution in [0.5, 0.6) is 0 Å². The number of aromatic nitrogens is 3. The van der Waals surface area contributed by atoms with E-state index in [4.69, 9.17) is 21.6 Å². The molecule has 3 aromatic heterocycles. The van der Waals surface area contributed by atoms with Crippen molar-refractivity contribution in [1.82, 2.24) is 15.0 Å². The molecule has 0 unspecified atom stereocenters. The predicted molar refractivity (Wildman–Crippen MR) is 125 cm³/mol. The lowest BCUT2D eigenvalue weighted by Crippen LogP contribution is -2.28. The molecule has 0 radical (unpaired) electrons. The van der Waals surface area contributed by atoms with Gasteiger partial charge in [0.05, 0.1) is 17.1 Å². The molecule has 0 aliphatic heterocycles. The molecule has 0 aliphatic rings.